The average molecular weight is 231 g/mol. The summed E-state index contributed by atoms with van der Waals surface area (Å²) in [4.78, 5) is 15.3. The van der Waals surface area contributed by atoms with Crippen LogP contribution in [0.15, 0.2) is 24.5 Å². The lowest BCUT2D eigenvalue weighted by molar-refractivity contribution is 0.100. The van der Waals surface area contributed by atoms with Crippen molar-refractivity contribution in [3.05, 3.63) is 35.8 Å². The Kier molecular flexibility index (Phi) is 2.78. The van der Waals surface area contributed by atoms with Gasteiger partial charge in [0.05, 0.1) is 16.9 Å². The fraction of sp³-hybridized carbons (Fsp3) is 0.182. The van der Waals surface area contributed by atoms with Crippen molar-refractivity contribution in [2.75, 3.05) is 5.32 Å². The summed E-state index contributed by atoms with van der Waals surface area (Å²) in [7, 11) is 1.82. The second kappa shape index (κ2) is 4.25. The molecule has 0 saturated heterocycles. The van der Waals surface area contributed by atoms with Gasteiger partial charge < -0.3 is 11.1 Å². The molecule has 0 spiro atoms. The number of carbonyl (C=O) groups is 1. The van der Waals surface area contributed by atoms with Crippen LogP contribution in [0.4, 0.5) is 11.5 Å². The largest absolute Gasteiger partial charge is 0.365 e. The van der Waals surface area contributed by atoms with Gasteiger partial charge in [0.25, 0.3) is 5.91 Å². The lowest BCUT2D eigenvalue weighted by Crippen LogP contribution is -2.14. The van der Waals surface area contributed by atoms with Gasteiger partial charge in [-0.05, 0) is 19.1 Å². The first-order chi connectivity index (χ1) is 8.08. The number of nitrogens with one attached hydrogen (secondary N) is 1. The molecule has 0 aliphatic carbocycles. The quantitative estimate of drug-likeness (QED) is 0.824. The number of aryl methyl sites for hydroxylation is 2. The molecular weight excluding hydrogens is 218 g/mol. The molecule has 2 aromatic rings. The molecular formula is C11H13N5O. The Morgan fingerprint density at radius 2 is 2.29 bits per heavy atom. The van der Waals surface area contributed by atoms with Gasteiger partial charge in [0.2, 0.25) is 0 Å². The van der Waals surface area contributed by atoms with E-state index in [0.29, 0.717) is 11.4 Å². The lowest BCUT2D eigenvalue weighted by Gasteiger charge is -2.06. The van der Waals surface area contributed by atoms with Crippen molar-refractivity contribution >= 4 is 17.4 Å². The highest BCUT2D eigenvalue weighted by Gasteiger charge is 2.11. The van der Waals surface area contributed by atoms with Crippen molar-refractivity contribution in [3.63, 3.8) is 0 Å². The van der Waals surface area contributed by atoms with Gasteiger partial charge in [-0.15, -0.1) is 0 Å². The Morgan fingerprint density at radius 1 is 1.53 bits per heavy atom. The number of carbonyl (C=O) groups excluding carboxylic acids is 1. The third-order valence-corrected chi connectivity index (χ3v) is 2.34. The van der Waals surface area contributed by atoms with Crippen LogP contribution >= 0.6 is 0 Å². The van der Waals surface area contributed by atoms with Gasteiger partial charge in [0, 0.05) is 19.4 Å². The Bertz CT molecular complexity index is 561. The molecule has 0 radical (unpaired) electrons. The van der Waals surface area contributed by atoms with Gasteiger partial charge in [0.15, 0.2) is 0 Å². The number of rotatable bonds is 3. The van der Waals surface area contributed by atoms with Crippen LogP contribution < -0.4 is 11.1 Å². The van der Waals surface area contributed by atoms with Crippen LogP contribution in [0.5, 0.6) is 0 Å². The zero-order valence-electron chi connectivity index (χ0n) is 9.64. The van der Waals surface area contributed by atoms with Crippen LogP contribution in [0.2, 0.25) is 0 Å². The average Bonchev–Trinajstić information content (AvgIpc) is 2.58. The van der Waals surface area contributed by atoms with E-state index in [1.165, 1.54) is 0 Å². The summed E-state index contributed by atoms with van der Waals surface area (Å²) in [5.41, 5.74) is 7.26. The smallest absolute Gasteiger partial charge is 0.252 e. The van der Waals surface area contributed by atoms with E-state index in [0.717, 1.165) is 11.4 Å². The highest BCUT2D eigenvalue weighted by atomic mass is 16.1. The highest BCUT2D eigenvalue weighted by Crippen LogP contribution is 2.20. The van der Waals surface area contributed by atoms with Crippen LogP contribution in [0.1, 0.15) is 16.1 Å². The van der Waals surface area contributed by atoms with Crippen molar-refractivity contribution in [1.29, 1.82) is 0 Å². The molecule has 88 valence electrons. The number of primary amides is 1. The fourth-order valence-corrected chi connectivity index (χ4v) is 1.55. The molecule has 6 nitrogen and oxygen atoms in total. The lowest BCUT2D eigenvalue weighted by atomic mass is 10.2. The minimum atomic E-state index is -0.512. The summed E-state index contributed by atoms with van der Waals surface area (Å²) in [6.45, 7) is 1.87. The Balaban J connectivity index is 2.36. The number of nitrogens with two attached hydrogens (primary N) is 1. The van der Waals surface area contributed by atoms with Crippen LogP contribution in [0.25, 0.3) is 0 Å². The first-order valence-corrected chi connectivity index (χ1v) is 5.10. The molecule has 0 atom stereocenters. The SMILES string of the molecule is Cc1nn(C)cc1Nc1ncccc1C(N)=O. The van der Waals surface area contributed by atoms with Gasteiger partial charge in [-0.3, -0.25) is 9.48 Å². The predicted molar refractivity (Wildman–Crippen MR) is 64.0 cm³/mol. The zero-order chi connectivity index (χ0) is 12.4. The van der Waals surface area contributed by atoms with E-state index in [1.807, 2.05) is 20.2 Å². The summed E-state index contributed by atoms with van der Waals surface area (Å²) in [5.74, 6) is -0.0711. The maximum atomic E-state index is 11.2. The molecule has 17 heavy (non-hydrogen) atoms. The molecule has 0 fully saturated rings. The molecule has 2 rings (SSSR count). The number of aromatic nitrogens is 3. The van der Waals surface area contributed by atoms with Crippen molar-refractivity contribution in [3.8, 4) is 0 Å². The van der Waals surface area contributed by atoms with E-state index in [2.05, 4.69) is 15.4 Å². The summed E-state index contributed by atoms with van der Waals surface area (Å²) in [6.07, 6.45) is 3.41. The van der Waals surface area contributed by atoms with Crippen molar-refractivity contribution in [1.82, 2.24) is 14.8 Å². The van der Waals surface area contributed by atoms with Crippen molar-refractivity contribution < 1.29 is 4.79 Å². The first kappa shape index (κ1) is 11.1. The summed E-state index contributed by atoms with van der Waals surface area (Å²) >= 11 is 0. The van der Waals surface area contributed by atoms with E-state index in [1.54, 1.807) is 23.0 Å². The highest BCUT2D eigenvalue weighted by molar-refractivity contribution is 5.98. The third-order valence-electron chi connectivity index (χ3n) is 2.34. The third kappa shape index (κ3) is 2.25. The number of hydrogen-bond donors (Lipinski definition) is 2. The zero-order valence-corrected chi connectivity index (χ0v) is 9.64. The molecule has 0 unspecified atom stereocenters. The Morgan fingerprint density at radius 3 is 2.88 bits per heavy atom. The maximum Gasteiger partial charge on any atom is 0.252 e. The van der Waals surface area contributed by atoms with Gasteiger partial charge in [-0.2, -0.15) is 5.10 Å². The summed E-state index contributed by atoms with van der Waals surface area (Å²) < 4.78 is 1.69. The van der Waals surface area contributed by atoms with Crippen LogP contribution in [0, 0.1) is 6.92 Å². The molecule has 0 bridgehead atoms. The van der Waals surface area contributed by atoms with Crippen molar-refractivity contribution in [2.45, 2.75) is 6.92 Å². The molecule has 3 N–H and O–H groups in total. The first-order valence-electron chi connectivity index (χ1n) is 5.10. The van der Waals surface area contributed by atoms with Gasteiger partial charge >= 0.3 is 0 Å². The van der Waals surface area contributed by atoms with E-state index in [4.69, 9.17) is 5.73 Å². The molecule has 2 heterocycles. The van der Waals surface area contributed by atoms with E-state index >= 15 is 0 Å². The van der Waals surface area contributed by atoms with Gasteiger partial charge in [0.1, 0.15) is 5.82 Å². The molecule has 6 heteroatoms. The number of nitrogens with zero attached hydrogens (tertiary/aromatic N) is 3. The van der Waals surface area contributed by atoms with E-state index in [-0.39, 0.29) is 0 Å². The second-order valence-electron chi connectivity index (χ2n) is 3.69. The predicted octanol–water partition coefficient (Wildman–Crippen LogP) is 0.966. The monoisotopic (exact) mass is 231 g/mol. The maximum absolute atomic E-state index is 11.2. The number of anilines is 2. The van der Waals surface area contributed by atoms with Crippen LogP contribution in [-0.4, -0.2) is 20.7 Å². The van der Waals surface area contributed by atoms with Gasteiger partial charge in [-0.25, -0.2) is 4.98 Å². The minimum absolute atomic E-state index is 0.357. The Hall–Kier alpha value is -2.37. The standard InChI is InChI=1S/C11H13N5O/c1-7-9(6-16(2)15-7)14-11-8(10(12)17)4-3-5-13-11/h3-6H,1-2H3,(H2,12,17)(H,13,14). The summed E-state index contributed by atoms with van der Waals surface area (Å²) in [5, 5.41) is 7.24. The molecule has 0 saturated carbocycles. The second-order valence-corrected chi connectivity index (χ2v) is 3.69. The van der Waals surface area contributed by atoms with E-state index in [9.17, 15) is 4.79 Å². The molecule has 0 aromatic carbocycles. The number of amides is 1. The fourth-order valence-electron chi connectivity index (χ4n) is 1.55. The number of hydrogen-bond acceptors (Lipinski definition) is 4. The van der Waals surface area contributed by atoms with Crippen LogP contribution in [-0.2, 0) is 7.05 Å². The number of pyridine rings is 1. The van der Waals surface area contributed by atoms with Crippen LogP contribution in [0.3, 0.4) is 0 Å². The van der Waals surface area contributed by atoms with Gasteiger partial charge in [-0.1, -0.05) is 0 Å². The normalized spacial score (nSPS) is 10.2. The molecule has 2 aromatic heterocycles. The van der Waals surface area contributed by atoms with Crippen molar-refractivity contribution in [2.24, 2.45) is 12.8 Å². The summed E-state index contributed by atoms with van der Waals surface area (Å²) in [6, 6.07) is 3.30. The molecule has 0 aliphatic rings. The molecule has 1 amide bonds. The van der Waals surface area contributed by atoms with E-state index < -0.39 is 5.91 Å². The topological polar surface area (TPSA) is 85.8 Å². The Labute approximate surface area is 98.5 Å². The minimum Gasteiger partial charge on any atom is -0.365 e. The molecule has 0 aliphatic heterocycles.